The summed E-state index contributed by atoms with van der Waals surface area (Å²) in [7, 11) is -6.86. The fourth-order valence-electron chi connectivity index (χ4n) is 1.83. The van der Waals surface area contributed by atoms with E-state index in [1.54, 1.807) is 6.07 Å². The molecule has 0 unspecified atom stereocenters. The normalized spacial score (nSPS) is 20.3. The Hall–Kier alpha value is -0.640. The number of nitrogens with two attached hydrogens (primary N) is 1. The van der Waals surface area contributed by atoms with Crippen LogP contribution in [0.2, 0.25) is 0 Å². The molecule has 1 aromatic carbocycles. The molecular formula is C10H13BrN2O4S2. The van der Waals surface area contributed by atoms with Crippen molar-refractivity contribution in [1.29, 1.82) is 0 Å². The topological polar surface area (TPSA) is 97.5 Å². The molecule has 6 nitrogen and oxygen atoms in total. The summed E-state index contributed by atoms with van der Waals surface area (Å²) in [6.07, 6.45) is 0. The lowest BCUT2D eigenvalue weighted by Gasteiger charge is -2.26. The number of hydrogen-bond acceptors (Lipinski definition) is 5. The molecule has 0 aliphatic carbocycles. The van der Waals surface area contributed by atoms with Crippen molar-refractivity contribution in [2.75, 3.05) is 30.3 Å². The molecule has 0 spiro atoms. The first-order chi connectivity index (χ1) is 8.72. The molecule has 1 aliphatic rings. The van der Waals surface area contributed by atoms with E-state index in [1.807, 2.05) is 0 Å². The van der Waals surface area contributed by atoms with Gasteiger partial charge in [-0.3, -0.25) is 0 Å². The van der Waals surface area contributed by atoms with Crippen molar-refractivity contribution in [3.63, 3.8) is 0 Å². The first-order valence-corrected chi connectivity index (χ1v) is 9.53. The van der Waals surface area contributed by atoms with Crippen LogP contribution in [-0.2, 0) is 19.9 Å². The second-order valence-corrected chi connectivity index (χ2v) is 9.36. The second-order valence-electron chi connectivity index (χ2n) is 4.24. The van der Waals surface area contributed by atoms with Crippen molar-refractivity contribution >= 4 is 41.5 Å². The second kappa shape index (κ2) is 5.04. The molecule has 0 saturated carbocycles. The highest BCUT2D eigenvalue weighted by atomic mass is 79.9. The summed E-state index contributed by atoms with van der Waals surface area (Å²) in [5.74, 6) is -0.300. The number of nitrogen functional groups attached to an aromatic ring is 1. The number of hydrogen-bond donors (Lipinski definition) is 1. The van der Waals surface area contributed by atoms with E-state index in [0.29, 0.717) is 4.47 Å². The van der Waals surface area contributed by atoms with Crippen molar-refractivity contribution in [1.82, 2.24) is 4.31 Å². The Balaban J connectivity index is 2.33. The van der Waals surface area contributed by atoms with Crippen molar-refractivity contribution in [2.24, 2.45) is 0 Å². The van der Waals surface area contributed by atoms with Crippen LogP contribution in [0.3, 0.4) is 0 Å². The SMILES string of the molecule is Nc1cc(Br)ccc1S(=O)(=O)N1CCS(=O)(=O)CC1. The van der Waals surface area contributed by atoms with Gasteiger partial charge in [-0.2, -0.15) is 4.31 Å². The van der Waals surface area contributed by atoms with Gasteiger partial charge >= 0.3 is 0 Å². The number of sulfone groups is 1. The first kappa shape index (κ1) is 14.8. The summed E-state index contributed by atoms with van der Waals surface area (Å²) in [6, 6.07) is 4.51. The number of benzene rings is 1. The van der Waals surface area contributed by atoms with Gasteiger partial charge in [-0.05, 0) is 18.2 Å². The molecule has 0 radical (unpaired) electrons. The largest absolute Gasteiger partial charge is 0.398 e. The van der Waals surface area contributed by atoms with Gasteiger partial charge in [0.05, 0.1) is 17.2 Å². The summed E-state index contributed by atoms with van der Waals surface area (Å²) in [5, 5.41) is 0. The third-order valence-electron chi connectivity index (χ3n) is 2.89. The first-order valence-electron chi connectivity index (χ1n) is 5.48. The van der Waals surface area contributed by atoms with E-state index >= 15 is 0 Å². The van der Waals surface area contributed by atoms with Crippen LogP contribution in [0.5, 0.6) is 0 Å². The molecular weight excluding hydrogens is 356 g/mol. The molecule has 0 atom stereocenters. The van der Waals surface area contributed by atoms with Crippen LogP contribution < -0.4 is 5.73 Å². The van der Waals surface area contributed by atoms with Crippen LogP contribution in [-0.4, -0.2) is 45.7 Å². The van der Waals surface area contributed by atoms with Crippen molar-refractivity contribution < 1.29 is 16.8 Å². The summed E-state index contributed by atoms with van der Waals surface area (Å²) < 4.78 is 49.2. The van der Waals surface area contributed by atoms with Crippen LogP contribution in [0.15, 0.2) is 27.6 Å². The van der Waals surface area contributed by atoms with E-state index in [-0.39, 0.29) is 35.2 Å². The van der Waals surface area contributed by atoms with Crippen LogP contribution >= 0.6 is 15.9 Å². The van der Waals surface area contributed by atoms with Crippen molar-refractivity contribution in [3.8, 4) is 0 Å². The summed E-state index contributed by atoms with van der Waals surface area (Å²) >= 11 is 3.21. The summed E-state index contributed by atoms with van der Waals surface area (Å²) in [6.45, 7) is -0.0552. The third kappa shape index (κ3) is 3.10. The Morgan fingerprint density at radius 1 is 1.21 bits per heavy atom. The lowest BCUT2D eigenvalue weighted by atomic mass is 10.3. The van der Waals surface area contributed by atoms with Gasteiger partial charge in [0.15, 0.2) is 9.84 Å². The van der Waals surface area contributed by atoms with E-state index in [0.717, 1.165) is 4.31 Å². The molecule has 19 heavy (non-hydrogen) atoms. The molecule has 1 aromatic rings. The highest BCUT2D eigenvalue weighted by Gasteiger charge is 2.32. The molecule has 9 heteroatoms. The standard InChI is InChI=1S/C10H13BrN2O4S2/c11-8-1-2-10(9(12)7-8)19(16,17)13-3-5-18(14,15)6-4-13/h1-2,7H,3-6,12H2. The number of anilines is 1. The summed E-state index contributed by atoms with van der Waals surface area (Å²) in [4.78, 5) is 0.00926. The zero-order chi connectivity index (χ0) is 14.3. The van der Waals surface area contributed by atoms with Gasteiger partial charge in [0.2, 0.25) is 10.0 Å². The van der Waals surface area contributed by atoms with E-state index < -0.39 is 19.9 Å². The fourth-order valence-corrected chi connectivity index (χ4v) is 5.18. The maximum absolute atomic E-state index is 12.4. The van der Waals surface area contributed by atoms with Crippen LogP contribution in [0.1, 0.15) is 0 Å². The van der Waals surface area contributed by atoms with Crippen LogP contribution in [0.4, 0.5) is 5.69 Å². The van der Waals surface area contributed by atoms with E-state index in [4.69, 9.17) is 5.73 Å². The number of nitrogens with zero attached hydrogens (tertiary/aromatic N) is 1. The minimum atomic E-state index is -3.74. The average Bonchev–Trinajstić information content (AvgIpc) is 2.27. The highest BCUT2D eigenvalue weighted by Crippen LogP contribution is 2.26. The molecule has 1 aliphatic heterocycles. The molecule has 1 fully saturated rings. The van der Waals surface area contributed by atoms with Gasteiger partial charge in [0.25, 0.3) is 0 Å². The van der Waals surface area contributed by atoms with Gasteiger partial charge < -0.3 is 5.73 Å². The zero-order valence-corrected chi connectivity index (χ0v) is 13.1. The fraction of sp³-hybridized carbons (Fsp3) is 0.400. The zero-order valence-electron chi connectivity index (χ0n) is 9.91. The Morgan fingerprint density at radius 3 is 2.32 bits per heavy atom. The van der Waals surface area contributed by atoms with Gasteiger partial charge in [-0.25, -0.2) is 16.8 Å². The maximum Gasteiger partial charge on any atom is 0.245 e. The Kier molecular flexibility index (Phi) is 3.92. The minimum Gasteiger partial charge on any atom is -0.398 e. The Labute approximate surface area is 120 Å². The monoisotopic (exact) mass is 368 g/mol. The Bertz CT molecular complexity index is 686. The van der Waals surface area contributed by atoms with E-state index in [9.17, 15) is 16.8 Å². The van der Waals surface area contributed by atoms with E-state index in [1.165, 1.54) is 12.1 Å². The van der Waals surface area contributed by atoms with Gasteiger partial charge in [0.1, 0.15) is 4.90 Å². The molecule has 2 N–H and O–H groups in total. The van der Waals surface area contributed by atoms with Crippen LogP contribution in [0.25, 0.3) is 0 Å². The average molecular weight is 369 g/mol. The van der Waals surface area contributed by atoms with Crippen molar-refractivity contribution in [3.05, 3.63) is 22.7 Å². The third-order valence-corrected chi connectivity index (χ3v) is 6.97. The molecule has 1 saturated heterocycles. The van der Waals surface area contributed by atoms with E-state index in [2.05, 4.69) is 15.9 Å². The van der Waals surface area contributed by atoms with Gasteiger partial charge in [0, 0.05) is 17.6 Å². The number of rotatable bonds is 2. The number of halogens is 1. The number of sulfonamides is 1. The van der Waals surface area contributed by atoms with Crippen molar-refractivity contribution in [2.45, 2.75) is 4.90 Å². The Morgan fingerprint density at radius 2 is 1.79 bits per heavy atom. The predicted molar refractivity (Wildman–Crippen MR) is 76.0 cm³/mol. The summed E-state index contributed by atoms with van der Waals surface area (Å²) in [5.41, 5.74) is 5.85. The smallest absolute Gasteiger partial charge is 0.245 e. The quantitative estimate of drug-likeness (QED) is 0.764. The highest BCUT2D eigenvalue weighted by molar-refractivity contribution is 9.10. The molecule has 0 bridgehead atoms. The lowest BCUT2D eigenvalue weighted by molar-refractivity contribution is 0.431. The molecule has 0 amide bonds. The molecule has 106 valence electrons. The van der Waals surface area contributed by atoms with Gasteiger partial charge in [-0.1, -0.05) is 15.9 Å². The predicted octanol–water partition coefficient (Wildman–Crippen LogP) is 0.450. The maximum atomic E-state index is 12.4. The van der Waals surface area contributed by atoms with Crippen LogP contribution in [0, 0.1) is 0 Å². The molecule has 2 rings (SSSR count). The van der Waals surface area contributed by atoms with Gasteiger partial charge in [-0.15, -0.1) is 0 Å². The molecule has 1 heterocycles. The molecule has 0 aromatic heterocycles. The lowest BCUT2D eigenvalue weighted by Crippen LogP contribution is -2.43. The minimum absolute atomic E-state index is 0.00926.